The largest absolute Gasteiger partial charge is 1.00 e. The van der Waals surface area contributed by atoms with E-state index in [4.69, 9.17) is 19.3 Å². The maximum atomic E-state index is 11.6. The minimum absolute atomic E-state index is 0. The lowest BCUT2D eigenvalue weighted by Gasteiger charge is -2.30. The number of hydrogen-bond acceptors (Lipinski definition) is 13. The average molecular weight is 1680 g/mol. The van der Waals surface area contributed by atoms with Gasteiger partial charge in [-0.1, -0.05) is 270 Å². The molecule has 1 heterocycles. The van der Waals surface area contributed by atoms with E-state index in [0.717, 1.165) is 134 Å². The first-order valence-electron chi connectivity index (χ1n) is 39.8. The molecule has 0 aliphatic carbocycles. The van der Waals surface area contributed by atoms with Crippen molar-refractivity contribution in [2.45, 2.75) is 193 Å². The van der Waals surface area contributed by atoms with E-state index in [-0.39, 0.29) is 92.0 Å². The second kappa shape index (κ2) is 59.7. The van der Waals surface area contributed by atoms with Gasteiger partial charge in [0, 0.05) is 47.0 Å². The molecule has 0 saturated carbocycles. The number of esters is 3. The topological polar surface area (TPSA) is 154 Å². The molecule has 6 rings (SSSR count). The molecule has 0 aliphatic rings. The Balaban J connectivity index is -0.00000131. The van der Waals surface area contributed by atoms with Crippen LogP contribution in [0.25, 0.3) is 18.2 Å². The summed E-state index contributed by atoms with van der Waals surface area (Å²) in [7, 11) is 21.8. The third kappa shape index (κ3) is 51.1. The molecule has 1 aromatic heterocycles. The summed E-state index contributed by atoms with van der Waals surface area (Å²) in [6, 6.07) is 43.8. The van der Waals surface area contributed by atoms with Gasteiger partial charge in [0.15, 0.2) is 8.68 Å². The van der Waals surface area contributed by atoms with Crippen LogP contribution in [0.3, 0.4) is 0 Å². The first kappa shape index (κ1) is 111. The summed E-state index contributed by atoms with van der Waals surface area (Å²) in [6.45, 7) is 45.7. The number of likely N-dealkylation sites (N-methyl/N-ethyl adjacent to an activating group) is 1. The fourth-order valence-electron chi connectivity index (χ4n) is 10.2. The second-order valence-corrected chi connectivity index (χ2v) is 36.2. The molecule has 0 fully saturated rings. The van der Waals surface area contributed by atoms with Crippen molar-refractivity contribution in [2.24, 2.45) is 23.2 Å². The zero-order valence-electron chi connectivity index (χ0n) is 73.5. The molecule has 1 amide bonds. The highest BCUT2D eigenvalue weighted by Gasteiger charge is 2.27. The summed E-state index contributed by atoms with van der Waals surface area (Å²) in [5, 5.41) is 20.0. The Bertz CT molecular complexity index is 3550. The Hall–Kier alpha value is -5.87. The van der Waals surface area contributed by atoms with Crippen LogP contribution in [0.15, 0.2) is 150 Å². The van der Waals surface area contributed by atoms with Gasteiger partial charge < -0.3 is 79.8 Å². The Morgan fingerprint density at radius 3 is 1.13 bits per heavy atom. The van der Waals surface area contributed by atoms with Crippen LogP contribution in [0.2, 0.25) is 0 Å². The molecule has 0 aliphatic heterocycles. The summed E-state index contributed by atoms with van der Waals surface area (Å²) in [6.07, 6.45) is 13.2. The number of nitrogens with zero attached hydrogens (tertiary/aromatic N) is 6. The number of amides is 1. The lowest BCUT2D eigenvalue weighted by molar-refractivity contribution is -0.916. The molecule has 21 heteroatoms. The first-order valence-corrected chi connectivity index (χ1v) is 42.6. The van der Waals surface area contributed by atoms with Crippen molar-refractivity contribution in [3.63, 3.8) is 0 Å². The van der Waals surface area contributed by atoms with Crippen LogP contribution in [0.4, 0.5) is 0 Å². The molecule has 5 aromatic carbocycles. The molecule has 113 heavy (non-hydrogen) atoms. The van der Waals surface area contributed by atoms with E-state index in [1.54, 1.807) is 34.9 Å². The molecule has 6 aromatic rings. The number of ether oxygens (including phenoxy) is 3. The van der Waals surface area contributed by atoms with Gasteiger partial charge >= 0.3 is 17.9 Å². The number of aliphatic hydroxyl groups excluding tert-OH is 1. The molecule has 636 valence electrons. The smallest absolute Gasteiger partial charge is 0.311 e. The molecule has 0 bridgehead atoms. The number of benzene rings is 5. The molecule has 5 atom stereocenters. The maximum Gasteiger partial charge on any atom is 0.311 e. The minimum atomic E-state index is -0.421. The van der Waals surface area contributed by atoms with Gasteiger partial charge in [0.25, 0.3) is 0 Å². The number of aliphatic hydroxyl groups is 1. The van der Waals surface area contributed by atoms with E-state index in [2.05, 4.69) is 255 Å². The SMILES string of the molecule is C=Cc1ccc(CSc2nnc(SCc3ccc(C(C)CC)cc3)s2)cc1.C=Cc1ccc(C[N+](C)(C)CCCOC(=O)C(C)CC)cc1.C=Cc1ccc(C[N+](C)(C)Cc2ccc(C(C)CC)cc2)cc1.CCC(C)(C)C(=O)OCCO.CCC(C)C(=O)NCC[N+](C)(C)C.CCC(C)C(=O)OCCC[N+](C)(C)C.[Cl-].[Cl-].[Cl-]. The Labute approximate surface area is 717 Å². The van der Waals surface area contributed by atoms with E-state index < -0.39 is 5.41 Å². The molecule has 0 saturated heterocycles. The lowest BCUT2D eigenvalue weighted by Crippen LogP contribution is -3.00. The van der Waals surface area contributed by atoms with Gasteiger partial charge in [-0.2, -0.15) is 0 Å². The molecule has 0 spiro atoms. The van der Waals surface area contributed by atoms with Crippen molar-refractivity contribution in [3.05, 3.63) is 197 Å². The standard InChI is InChI=1S/C22H24N2S3.C22H30N.C19H30NO2.C11H24NO2.C10H22N2O.C8H16O3.3ClH/c1-4-16(3)20-12-10-19(11-13-20)15-26-22-24-23-21(27-22)25-14-18-8-6-17(5-2)7-9-18;1-6-18(3)22-14-12-21(13-15-22)17-23(4,5)16-20-10-8-19(7-2)9-11-20;1-6-16(3)19(21)22-14-8-13-20(4,5)15-18-11-9-17(7-2)10-12-18;1-6-10(2)11(13)14-9-7-8-12(3,4)5;1-6-9(2)10(13)11-7-8-12(3,4)5;1-4-8(2,3)7(10)11-6-5-9;;;/h5-13,16H,2,4,14-15H2,1,3H3;7-15,18H,2,6,16-17H2,1,3-5H3;7,9-12,16H,2,6,8,13-15H2,1,3-5H3;10H,6-9H2,1-5H3;9H,6-8H2,1-5H3;9H,4-6H2,1-3H3;3*1H/q;3*+1;;;;;/p-2. The summed E-state index contributed by atoms with van der Waals surface area (Å²) < 4.78 is 20.9. The number of quaternary nitrogens is 4. The maximum absolute atomic E-state index is 11.6. The van der Waals surface area contributed by atoms with Gasteiger partial charge in [0.1, 0.15) is 26.2 Å². The van der Waals surface area contributed by atoms with Gasteiger partial charge in [0.05, 0.1) is 134 Å². The van der Waals surface area contributed by atoms with Crippen LogP contribution in [-0.2, 0) is 64.5 Å². The van der Waals surface area contributed by atoms with E-state index in [1.165, 1.54) is 57.3 Å². The monoisotopic (exact) mass is 1680 g/mol. The van der Waals surface area contributed by atoms with E-state index >= 15 is 0 Å². The number of halogens is 3. The number of carbonyl (C=O) groups excluding carboxylic acids is 4. The lowest BCUT2D eigenvalue weighted by atomic mass is 9.91. The van der Waals surface area contributed by atoms with Crippen LogP contribution in [0, 0.1) is 23.2 Å². The van der Waals surface area contributed by atoms with Crippen LogP contribution in [0.1, 0.15) is 209 Å². The quantitative estimate of drug-likeness (QED) is 0.0124. The van der Waals surface area contributed by atoms with Crippen molar-refractivity contribution in [2.75, 3.05) is 123 Å². The van der Waals surface area contributed by atoms with Crippen molar-refractivity contribution in [3.8, 4) is 0 Å². The summed E-state index contributed by atoms with van der Waals surface area (Å²) in [5.74, 6) is 3.11. The zero-order chi connectivity index (χ0) is 83.1. The molecule has 15 nitrogen and oxygen atoms in total. The predicted octanol–water partition coefficient (Wildman–Crippen LogP) is 11.3. The second-order valence-electron chi connectivity index (χ2n) is 32.8. The van der Waals surface area contributed by atoms with Crippen LogP contribution < -0.4 is 42.5 Å². The highest BCUT2D eigenvalue weighted by molar-refractivity contribution is 8.02. The average Bonchev–Trinajstić information content (AvgIpc) is 1.55. The Morgan fingerprint density at radius 1 is 0.469 bits per heavy atom. The number of thioether (sulfide) groups is 2. The fraction of sp³-hybridized carbons (Fsp3) is 0.543. The molecule has 5 unspecified atom stereocenters. The number of aromatic nitrogens is 2. The Morgan fingerprint density at radius 2 is 0.805 bits per heavy atom. The predicted molar refractivity (Wildman–Crippen MR) is 470 cm³/mol. The highest BCUT2D eigenvalue weighted by Crippen LogP contribution is 2.33. The summed E-state index contributed by atoms with van der Waals surface area (Å²) in [5.41, 5.74) is 12.6. The van der Waals surface area contributed by atoms with E-state index in [1.807, 2.05) is 80.5 Å². The number of hydrogen-bond donors (Lipinski definition) is 2. The number of rotatable bonds is 40. The van der Waals surface area contributed by atoms with Crippen molar-refractivity contribution in [1.82, 2.24) is 15.5 Å². The number of carbonyl (C=O) groups is 4. The van der Waals surface area contributed by atoms with E-state index in [0.29, 0.717) is 25.0 Å². The van der Waals surface area contributed by atoms with Gasteiger partial charge in [-0.3, -0.25) is 19.2 Å². The van der Waals surface area contributed by atoms with E-state index in [9.17, 15) is 19.2 Å². The fourth-order valence-corrected chi connectivity index (χ4v) is 13.1. The van der Waals surface area contributed by atoms with Gasteiger partial charge in [-0.15, -0.1) is 10.2 Å². The van der Waals surface area contributed by atoms with Crippen molar-refractivity contribution in [1.29, 1.82) is 0 Å². The minimum Gasteiger partial charge on any atom is -1.00 e. The highest BCUT2D eigenvalue weighted by atomic mass is 35.5. The van der Waals surface area contributed by atoms with Gasteiger partial charge in [0.2, 0.25) is 5.91 Å². The normalized spacial score (nSPS) is 12.4. The van der Waals surface area contributed by atoms with Crippen LogP contribution in [0.5, 0.6) is 0 Å². The first-order chi connectivity index (χ1) is 51.8. The van der Waals surface area contributed by atoms with Crippen LogP contribution in [-0.4, -0.2) is 180 Å². The van der Waals surface area contributed by atoms with Gasteiger partial charge in [-0.05, 0) is 103 Å². The zero-order valence-corrected chi connectivity index (χ0v) is 78.2. The molecule has 2 N–H and O–H groups in total. The van der Waals surface area contributed by atoms with Gasteiger partial charge in [-0.25, -0.2) is 0 Å². The Kier molecular flexibility index (Phi) is 58.8. The van der Waals surface area contributed by atoms with Crippen molar-refractivity contribution < 1.29 is 93.6 Å². The molecular weight excluding hydrogens is 1530 g/mol. The summed E-state index contributed by atoms with van der Waals surface area (Å²) >= 11 is 5.18. The third-order valence-electron chi connectivity index (χ3n) is 19.2. The summed E-state index contributed by atoms with van der Waals surface area (Å²) in [4.78, 5) is 45.3. The van der Waals surface area contributed by atoms with Crippen molar-refractivity contribution >= 4 is 76.9 Å². The molecular formula is C92H147Cl3N7O8S3+. The molecule has 0 radical (unpaired) electrons. The number of nitrogens with one attached hydrogen (secondary N) is 1. The van der Waals surface area contributed by atoms with Crippen LogP contribution >= 0.6 is 34.9 Å². The third-order valence-corrected chi connectivity index (χ3v) is 22.5.